The van der Waals surface area contributed by atoms with Gasteiger partial charge in [0, 0.05) is 37.2 Å². The lowest BCUT2D eigenvalue weighted by molar-refractivity contribution is 0.1000. The van der Waals surface area contributed by atoms with Crippen molar-refractivity contribution in [1.82, 2.24) is 0 Å². The third kappa shape index (κ3) is 3.70. The number of aryl methyl sites for hydroxylation is 2. The summed E-state index contributed by atoms with van der Waals surface area (Å²) in [5.41, 5.74) is 9.41. The Balaban J connectivity index is 1.60. The van der Waals surface area contributed by atoms with E-state index < -0.39 is 0 Å². The van der Waals surface area contributed by atoms with E-state index in [-0.39, 0.29) is 12.0 Å². The molecule has 0 bridgehead atoms. The van der Waals surface area contributed by atoms with E-state index in [0.29, 0.717) is 5.56 Å². The van der Waals surface area contributed by atoms with Gasteiger partial charge in [0.25, 0.3) is 0 Å². The highest BCUT2D eigenvalue weighted by molar-refractivity contribution is 5.93. The van der Waals surface area contributed by atoms with E-state index >= 15 is 0 Å². The van der Waals surface area contributed by atoms with Crippen LogP contribution in [0.25, 0.3) is 0 Å². The van der Waals surface area contributed by atoms with Crippen molar-refractivity contribution in [2.75, 3.05) is 18.0 Å². The number of benzene rings is 2. The van der Waals surface area contributed by atoms with E-state index in [0.717, 1.165) is 37.2 Å². The number of carbonyl (C=O) groups excluding carboxylic acids is 1. The number of piperidine rings is 1. The summed E-state index contributed by atoms with van der Waals surface area (Å²) >= 11 is 0. The van der Waals surface area contributed by atoms with Crippen LogP contribution in [0.4, 0.5) is 5.69 Å². The predicted octanol–water partition coefficient (Wildman–Crippen LogP) is 3.45. The highest BCUT2D eigenvalue weighted by Gasteiger charge is 2.22. The fourth-order valence-electron chi connectivity index (χ4n) is 3.19. The molecule has 0 radical (unpaired) electrons. The normalized spacial score (nSPS) is 15.3. The second-order valence-corrected chi connectivity index (χ2v) is 6.48. The maximum atomic E-state index is 11.3. The summed E-state index contributed by atoms with van der Waals surface area (Å²) in [6, 6.07) is 13.9. The minimum absolute atomic E-state index is 0.258. The Hall–Kier alpha value is -2.49. The van der Waals surface area contributed by atoms with Crippen molar-refractivity contribution < 1.29 is 9.53 Å². The van der Waals surface area contributed by atoms with Crippen LogP contribution in [0, 0.1) is 13.8 Å². The molecule has 0 spiro atoms. The summed E-state index contributed by atoms with van der Waals surface area (Å²) in [5, 5.41) is 0. The zero-order valence-corrected chi connectivity index (χ0v) is 14.3. The SMILES string of the molecule is Cc1ccc(OC2CCN(c3ccc(C(N)=O)cc3C)CC2)cc1. The monoisotopic (exact) mass is 324 g/mol. The topological polar surface area (TPSA) is 55.6 Å². The third-order valence-electron chi connectivity index (χ3n) is 4.59. The van der Waals surface area contributed by atoms with Gasteiger partial charge >= 0.3 is 0 Å². The molecule has 1 amide bonds. The van der Waals surface area contributed by atoms with E-state index in [2.05, 4.69) is 24.0 Å². The van der Waals surface area contributed by atoms with Gasteiger partial charge in [-0.2, -0.15) is 0 Å². The van der Waals surface area contributed by atoms with Gasteiger partial charge in [0.15, 0.2) is 0 Å². The number of carbonyl (C=O) groups is 1. The Morgan fingerprint density at radius 1 is 1.08 bits per heavy atom. The van der Waals surface area contributed by atoms with Crippen LogP contribution in [0.2, 0.25) is 0 Å². The molecule has 2 aromatic carbocycles. The molecule has 0 aliphatic carbocycles. The number of nitrogens with two attached hydrogens (primary N) is 1. The quantitative estimate of drug-likeness (QED) is 0.937. The standard InChI is InChI=1S/C20H24N2O2/c1-14-3-6-17(7-4-14)24-18-9-11-22(12-10-18)19-8-5-16(20(21)23)13-15(19)2/h3-8,13,18H,9-12H2,1-2H3,(H2,21,23). The Labute approximate surface area is 143 Å². The Morgan fingerprint density at radius 2 is 1.75 bits per heavy atom. The number of hydrogen-bond acceptors (Lipinski definition) is 3. The van der Waals surface area contributed by atoms with Gasteiger partial charge in [0.1, 0.15) is 11.9 Å². The Morgan fingerprint density at radius 3 is 2.33 bits per heavy atom. The molecular formula is C20H24N2O2. The Bertz CT molecular complexity index is 717. The first-order valence-electron chi connectivity index (χ1n) is 8.41. The van der Waals surface area contributed by atoms with Gasteiger partial charge in [-0.1, -0.05) is 17.7 Å². The van der Waals surface area contributed by atoms with Gasteiger partial charge in [0.2, 0.25) is 5.91 Å². The molecule has 126 valence electrons. The van der Waals surface area contributed by atoms with E-state index in [4.69, 9.17) is 10.5 Å². The molecule has 1 saturated heterocycles. The maximum absolute atomic E-state index is 11.3. The molecule has 4 nitrogen and oxygen atoms in total. The molecule has 1 aliphatic rings. The minimum Gasteiger partial charge on any atom is -0.490 e. The zero-order valence-electron chi connectivity index (χ0n) is 14.3. The smallest absolute Gasteiger partial charge is 0.248 e. The summed E-state index contributed by atoms with van der Waals surface area (Å²) in [6.45, 7) is 6.01. The van der Waals surface area contributed by atoms with Crippen molar-refractivity contribution in [3.05, 3.63) is 59.2 Å². The molecule has 2 aromatic rings. The third-order valence-corrected chi connectivity index (χ3v) is 4.59. The molecular weight excluding hydrogens is 300 g/mol. The summed E-state index contributed by atoms with van der Waals surface area (Å²) < 4.78 is 6.09. The van der Waals surface area contributed by atoms with Crippen molar-refractivity contribution in [3.8, 4) is 5.75 Å². The molecule has 1 heterocycles. The van der Waals surface area contributed by atoms with Crippen LogP contribution < -0.4 is 15.4 Å². The van der Waals surface area contributed by atoms with Crippen LogP contribution in [0.15, 0.2) is 42.5 Å². The number of nitrogens with zero attached hydrogens (tertiary/aromatic N) is 1. The maximum Gasteiger partial charge on any atom is 0.248 e. The van der Waals surface area contributed by atoms with Crippen LogP contribution in [-0.2, 0) is 0 Å². The summed E-state index contributed by atoms with van der Waals surface area (Å²) in [6.07, 6.45) is 2.24. The van der Waals surface area contributed by atoms with Crippen molar-refractivity contribution in [1.29, 1.82) is 0 Å². The van der Waals surface area contributed by atoms with E-state index in [1.807, 2.05) is 31.2 Å². The first kappa shape index (κ1) is 16.4. The van der Waals surface area contributed by atoms with Crippen molar-refractivity contribution >= 4 is 11.6 Å². The molecule has 3 rings (SSSR count). The lowest BCUT2D eigenvalue weighted by Gasteiger charge is -2.34. The molecule has 1 aliphatic heterocycles. The fraction of sp³-hybridized carbons (Fsp3) is 0.350. The van der Waals surface area contributed by atoms with E-state index in [9.17, 15) is 4.79 Å². The number of ether oxygens (including phenoxy) is 1. The van der Waals surface area contributed by atoms with Gasteiger partial charge in [0.05, 0.1) is 0 Å². The summed E-state index contributed by atoms with van der Waals surface area (Å²) in [5.74, 6) is 0.566. The highest BCUT2D eigenvalue weighted by Crippen LogP contribution is 2.26. The fourth-order valence-corrected chi connectivity index (χ4v) is 3.19. The van der Waals surface area contributed by atoms with E-state index in [1.54, 1.807) is 6.07 Å². The zero-order chi connectivity index (χ0) is 17.1. The van der Waals surface area contributed by atoms with E-state index in [1.165, 1.54) is 11.3 Å². The van der Waals surface area contributed by atoms with Crippen LogP contribution in [0.3, 0.4) is 0 Å². The number of amides is 1. The lowest BCUT2D eigenvalue weighted by Crippen LogP contribution is -2.38. The number of anilines is 1. The average molecular weight is 324 g/mol. The van der Waals surface area contributed by atoms with Gasteiger partial charge in [-0.05, 0) is 49.7 Å². The summed E-state index contributed by atoms with van der Waals surface area (Å²) in [4.78, 5) is 13.6. The summed E-state index contributed by atoms with van der Waals surface area (Å²) in [7, 11) is 0. The van der Waals surface area contributed by atoms with Crippen LogP contribution in [0.5, 0.6) is 5.75 Å². The van der Waals surface area contributed by atoms with Crippen molar-refractivity contribution in [2.45, 2.75) is 32.8 Å². The number of hydrogen-bond donors (Lipinski definition) is 1. The van der Waals surface area contributed by atoms with Crippen molar-refractivity contribution in [3.63, 3.8) is 0 Å². The molecule has 1 fully saturated rings. The second-order valence-electron chi connectivity index (χ2n) is 6.48. The molecule has 0 atom stereocenters. The van der Waals surface area contributed by atoms with Gasteiger partial charge in [-0.25, -0.2) is 0 Å². The average Bonchev–Trinajstić information content (AvgIpc) is 2.58. The molecule has 0 aromatic heterocycles. The van der Waals surface area contributed by atoms with Crippen LogP contribution in [-0.4, -0.2) is 25.1 Å². The first-order chi connectivity index (χ1) is 11.5. The van der Waals surface area contributed by atoms with Gasteiger partial charge < -0.3 is 15.4 Å². The van der Waals surface area contributed by atoms with Crippen LogP contribution >= 0.6 is 0 Å². The second kappa shape index (κ2) is 6.95. The first-order valence-corrected chi connectivity index (χ1v) is 8.41. The lowest BCUT2D eigenvalue weighted by atomic mass is 10.0. The molecule has 0 unspecified atom stereocenters. The molecule has 4 heteroatoms. The Kier molecular flexibility index (Phi) is 4.74. The minimum atomic E-state index is -0.380. The van der Waals surface area contributed by atoms with Crippen LogP contribution in [0.1, 0.15) is 34.3 Å². The number of rotatable bonds is 4. The van der Waals surface area contributed by atoms with Crippen molar-refractivity contribution in [2.24, 2.45) is 5.73 Å². The van der Waals surface area contributed by atoms with Gasteiger partial charge in [-0.3, -0.25) is 4.79 Å². The highest BCUT2D eigenvalue weighted by atomic mass is 16.5. The van der Waals surface area contributed by atoms with Gasteiger partial charge in [-0.15, -0.1) is 0 Å². The molecule has 2 N–H and O–H groups in total. The molecule has 0 saturated carbocycles. The largest absolute Gasteiger partial charge is 0.490 e. The molecule has 24 heavy (non-hydrogen) atoms. The number of primary amides is 1. The predicted molar refractivity (Wildman–Crippen MR) is 96.7 cm³/mol.